The molecule has 0 atom stereocenters. The average Bonchev–Trinajstić information content (AvgIpc) is 3.36. The first kappa shape index (κ1) is 26.4. The van der Waals surface area contributed by atoms with Gasteiger partial charge < -0.3 is 9.47 Å². The summed E-state index contributed by atoms with van der Waals surface area (Å²) in [5.74, 6) is 0.642. The first-order valence-corrected chi connectivity index (χ1v) is 12.7. The van der Waals surface area contributed by atoms with Gasteiger partial charge in [0.15, 0.2) is 12.1 Å². The van der Waals surface area contributed by atoms with Crippen molar-refractivity contribution in [1.29, 1.82) is 0 Å². The Morgan fingerprint density at radius 2 is 1.62 bits per heavy atom. The summed E-state index contributed by atoms with van der Waals surface area (Å²) in [7, 11) is 3.32. The third-order valence-electron chi connectivity index (χ3n) is 6.47. The van der Waals surface area contributed by atoms with Gasteiger partial charge in [0.2, 0.25) is 0 Å². The lowest BCUT2D eigenvalue weighted by atomic mass is 9.94. The summed E-state index contributed by atoms with van der Waals surface area (Å²) in [6.45, 7) is 4.16. The minimum Gasteiger partial charge on any atom is -0.356 e. The summed E-state index contributed by atoms with van der Waals surface area (Å²) >= 11 is 0. The molecule has 8 nitrogen and oxygen atoms in total. The predicted molar refractivity (Wildman–Crippen MR) is 142 cm³/mol. The largest absolute Gasteiger partial charge is 0.439 e. The Balaban J connectivity index is 1.63. The van der Waals surface area contributed by atoms with Gasteiger partial charge in [-0.25, -0.2) is 14.8 Å². The Morgan fingerprint density at radius 1 is 0.946 bits per heavy atom. The highest BCUT2D eigenvalue weighted by Crippen LogP contribution is 2.30. The zero-order chi connectivity index (χ0) is 26.2. The van der Waals surface area contributed by atoms with Crippen LogP contribution in [0.25, 0.3) is 22.5 Å². The number of hydrogen-bond acceptors (Lipinski definition) is 7. The van der Waals surface area contributed by atoms with Crippen molar-refractivity contribution >= 4 is 0 Å². The molecule has 4 rings (SSSR count). The van der Waals surface area contributed by atoms with Crippen LogP contribution in [0.5, 0.6) is 0 Å². The molecule has 0 amide bonds. The van der Waals surface area contributed by atoms with Gasteiger partial charge in [0, 0.05) is 44.0 Å². The fraction of sp³-hybridized carbons (Fsp3) is 0.379. The van der Waals surface area contributed by atoms with Crippen molar-refractivity contribution in [1.82, 2.24) is 20.1 Å². The molecule has 37 heavy (non-hydrogen) atoms. The molecule has 0 radical (unpaired) electrons. The Morgan fingerprint density at radius 3 is 2.24 bits per heavy atom. The van der Waals surface area contributed by atoms with Crippen LogP contribution in [0.3, 0.4) is 0 Å². The number of rotatable bonds is 12. The maximum Gasteiger partial charge on any atom is 0.439 e. The van der Waals surface area contributed by atoms with Crippen LogP contribution < -0.4 is 5.76 Å². The number of nitrogens with one attached hydrogen (secondary N) is 1. The molecule has 0 fully saturated rings. The first-order chi connectivity index (χ1) is 18.0. The van der Waals surface area contributed by atoms with Gasteiger partial charge in [-0.05, 0) is 48.4 Å². The SMILES string of the molecule is CCCCc1nc(C)nc(CCC(OC)OC)c1Cc1ccc(-c2ccccc2-c2noc(=O)[nH]2)cc1. The van der Waals surface area contributed by atoms with Crippen molar-refractivity contribution in [3.8, 4) is 22.5 Å². The van der Waals surface area contributed by atoms with Crippen LogP contribution in [0.2, 0.25) is 0 Å². The van der Waals surface area contributed by atoms with E-state index in [0.717, 1.165) is 72.4 Å². The Labute approximate surface area is 217 Å². The van der Waals surface area contributed by atoms with Crippen LogP contribution in [0.15, 0.2) is 57.8 Å². The highest BCUT2D eigenvalue weighted by atomic mass is 16.7. The molecule has 0 unspecified atom stereocenters. The molecule has 0 spiro atoms. The van der Waals surface area contributed by atoms with E-state index in [-0.39, 0.29) is 6.29 Å². The van der Waals surface area contributed by atoms with E-state index >= 15 is 0 Å². The lowest BCUT2D eigenvalue weighted by molar-refractivity contribution is -0.105. The molecule has 0 saturated heterocycles. The Bertz CT molecular complexity index is 1360. The summed E-state index contributed by atoms with van der Waals surface area (Å²) in [6.07, 6.45) is 5.09. The summed E-state index contributed by atoms with van der Waals surface area (Å²) in [5.41, 5.74) is 7.35. The maximum atomic E-state index is 11.5. The van der Waals surface area contributed by atoms with E-state index in [2.05, 4.69) is 41.3 Å². The van der Waals surface area contributed by atoms with Crippen molar-refractivity contribution in [2.45, 2.75) is 58.7 Å². The molecule has 2 aromatic heterocycles. The van der Waals surface area contributed by atoms with Gasteiger partial charge in [0.1, 0.15) is 5.82 Å². The molecule has 0 aliphatic heterocycles. The summed E-state index contributed by atoms with van der Waals surface area (Å²) in [4.78, 5) is 23.8. The highest BCUT2D eigenvalue weighted by Gasteiger charge is 2.17. The van der Waals surface area contributed by atoms with Crippen LogP contribution >= 0.6 is 0 Å². The second-order valence-corrected chi connectivity index (χ2v) is 9.05. The van der Waals surface area contributed by atoms with E-state index in [1.165, 1.54) is 11.1 Å². The monoisotopic (exact) mass is 502 g/mol. The molecule has 2 aromatic carbocycles. The molecular weight excluding hydrogens is 468 g/mol. The van der Waals surface area contributed by atoms with Gasteiger partial charge in [-0.15, -0.1) is 0 Å². The minimum absolute atomic E-state index is 0.263. The Hall–Kier alpha value is -3.62. The minimum atomic E-state index is -0.572. The van der Waals surface area contributed by atoms with Crippen molar-refractivity contribution in [2.75, 3.05) is 14.2 Å². The van der Waals surface area contributed by atoms with E-state index in [1.807, 2.05) is 31.2 Å². The second-order valence-electron chi connectivity index (χ2n) is 9.05. The number of hydrogen-bond donors (Lipinski definition) is 1. The molecule has 2 heterocycles. The maximum absolute atomic E-state index is 11.5. The van der Waals surface area contributed by atoms with Gasteiger partial charge >= 0.3 is 5.76 Å². The van der Waals surface area contributed by atoms with Crippen LogP contribution in [0.4, 0.5) is 0 Å². The van der Waals surface area contributed by atoms with E-state index in [9.17, 15) is 4.79 Å². The average molecular weight is 503 g/mol. The van der Waals surface area contributed by atoms with Crippen LogP contribution in [-0.2, 0) is 28.7 Å². The number of H-pyrrole nitrogens is 1. The number of aromatic nitrogens is 4. The molecule has 0 aliphatic rings. The Kier molecular flexibility index (Phi) is 8.98. The fourth-order valence-electron chi connectivity index (χ4n) is 4.56. The van der Waals surface area contributed by atoms with Gasteiger partial charge in [0.05, 0.1) is 0 Å². The predicted octanol–water partition coefficient (Wildman–Crippen LogP) is 5.28. The number of aryl methyl sites for hydroxylation is 3. The zero-order valence-electron chi connectivity index (χ0n) is 21.9. The molecule has 4 aromatic rings. The number of nitrogens with zero attached hydrogens (tertiary/aromatic N) is 3. The molecule has 0 saturated carbocycles. The van der Waals surface area contributed by atoms with Crippen LogP contribution in [0, 0.1) is 6.92 Å². The van der Waals surface area contributed by atoms with E-state index in [4.69, 9.17) is 24.0 Å². The molecule has 8 heteroatoms. The number of aromatic amines is 1. The summed E-state index contributed by atoms with van der Waals surface area (Å²) in [5, 5.41) is 3.86. The molecule has 1 N–H and O–H groups in total. The first-order valence-electron chi connectivity index (χ1n) is 12.7. The number of benzene rings is 2. The molecule has 194 valence electrons. The van der Waals surface area contributed by atoms with Crippen LogP contribution in [0.1, 0.15) is 54.5 Å². The smallest absolute Gasteiger partial charge is 0.356 e. The number of unbranched alkanes of at least 4 members (excludes halogenated alkanes) is 1. The molecular formula is C29H34N4O4. The third-order valence-corrected chi connectivity index (χ3v) is 6.47. The van der Waals surface area contributed by atoms with Gasteiger partial charge in [-0.1, -0.05) is 67.0 Å². The number of methoxy groups -OCH3 is 2. The van der Waals surface area contributed by atoms with E-state index in [1.54, 1.807) is 14.2 Å². The van der Waals surface area contributed by atoms with Gasteiger partial charge in [0.25, 0.3) is 0 Å². The van der Waals surface area contributed by atoms with E-state index in [0.29, 0.717) is 5.82 Å². The molecule has 0 aliphatic carbocycles. The topological polar surface area (TPSA) is 103 Å². The second kappa shape index (κ2) is 12.6. The lowest BCUT2D eigenvalue weighted by Gasteiger charge is -2.17. The third kappa shape index (κ3) is 6.58. The van der Waals surface area contributed by atoms with Gasteiger partial charge in [-0.2, -0.15) is 0 Å². The molecule has 0 bridgehead atoms. The van der Waals surface area contributed by atoms with E-state index < -0.39 is 5.76 Å². The fourth-order valence-corrected chi connectivity index (χ4v) is 4.56. The number of ether oxygens (including phenoxy) is 2. The van der Waals surface area contributed by atoms with Gasteiger partial charge in [-0.3, -0.25) is 9.51 Å². The highest BCUT2D eigenvalue weighted by molar-refractivity contribution is 5.80. The van der Waals surface area contributed by atoms with Crippen molar-refractivity contribution < 1.29 is 14.0 Å². The lowest BCUT2D eigenvalue weighted by Crippen LogP contribution is -2.16. The van der Waals surface area contributed by atoms with Crippen molar-refractivity contribution in [2.24, 2.45) is 0 Å². The van der Waals surface area contributed by atoms with Crippen molar-refractivity contribution in [3.63, 3.8) is 0 Å². The summed E-state index contributed by atoms with van der Waals surface area (Å²) < 4.78 is 15.5. The van der Waals surface area contributed by atoms with Crippen LogP contribution in [-0.4, -0.2) is 40.6 Å². The summed E-state index contributed by atoms with van der Waals surface area (Å²) in [6, 6.07) is 16.3. The van der Waals surface area contributed by atoms with Crippen molar-refractivity contribution in [3.05, 3.63) is 87.4 Å². The quantitative estimate of drug-likeness (QED) is 0.263. The normalized spacial score (nSPS) is 11.4. The standard InChI is InChI=1S/C29H34N4O4/c1-5-6-11-25-24(26(31-19(2)30-25)16-17-27(35-3)36-4)18-20-12-14-21(15-13-20)22-9-7-8-10-23(22)28-32-29(34)37-33-28/h7-10,12-15,27H,5-6,11,16-18H2,1-4H3,(H,32,33,34). The zero-order valence-corrected chi connectivity index (χ0v) is 21.9.